The molecular weight excluding hydrogens is 336 g/mol. The average Bonchev–Trinajstić information content (AvgIpc) is 3.04. The van der Waals surface area contributed by atoms with E-state index < -0.39 is 0 Å². The van der Waals surface area contributed by atoms with Crippen LogP contribution in [0, 0.1) is 11.6 Å². The fourth-order valence-electron chi connectivity index (χ4n) is 3.48. The molecule has 1 amide bonds. The van der Waals surface area contributed by atoms with E-state index in [9.17, 15) is 13.6 Å². The fraction of sp³-hybridized carbons (Fsp3) is 0.250. The Kier molecular flexibility index (Phi) is 4.32. The molecule has 2 heterocycles. The molecule has 0 bridgehead atoms. The molecule has 1 N–H and O–H groups in total. The van der Waals surface area contributed by atoms with Crippen LogP contribution in [0.1, 0.15) is 5.56 Å². The summed E-state index contributed by atoms with van der Waals surface area (Å²) in [7, 11) is 0. The average molecular weight is 355 g/mol. The van der Waals surface area contributed by atoms with E-state index >= 15 is 0 Å². The van der Waals surface area contributed by atoms with E-state index in [2.05, 4.69) is 4.98 Å². The van der Waals surface area contributed by atoms with Gasteiger partial charge < -0.3 is 14.8 Å². The predicted octanol–water partition coefficient (Wildman–Crippen LogP) is 3.34. The van der Waals surface area contributed by atoms with Gasteiger partial charge in [-0.25, -0.2) is 8.78 Å². The number of anilines is 1. The van der Waals surface area contributed by atoms with Crippen molar-refractivity contribution < 1.29 is 13.6 Å². The van der Waals surface area contributed by atoms with Gasteiger partial charge >= 0.3 is 0 Å². The third kappa shape index (κ3) is 3.14. The summed E-state index contributed by atoms with van der Waals surface area (Å²) in [5.74, 6) is -0.555. The lowest BCUT2D eigenvalue weighted by molar-refractivity contribution is -0.130. The Morgan fingerprint density at radius 3 is 2.58 bits per heavy atom. The summed E-state index contributed by atoms with van der Waals surface area (Å²) in [4.78, 5) is 19.4. The molecule has 0 aliphatic carbocycles. The molecule has 0 radical (unpaired) electrons. The minimum absolute atomic E-state index is 0.00310. The number of halogens is 2. The zero-order valence-corrected chi connectivity index (χ0v) is 14.2. The van der Waals surface area contributed by atoms with Crippen molar-refractivity contribution in [2.24, 2.45) is 0 Å². The Bertz CT molecular complexity index is 945. The van der Waals surface area contributed by atoms with Crippen molar-refractivity contribution in [1.82, 2.24) is 9.88 Å². The van der Waals surface area contributed by atoms with Crippen molar-refractivity contribution in [3.8, 4) is 0 Å². The lowest BCUT2D eigenvalue weighted by atomic mass is 10.1. The minimum atomic E-state index is -0.315. The van der Waals surface area contributed by atoms with Crippen molar-refractivity contribution in [1.29, 1.82) is 0 Å². The maximum Gasteiger partial charge on any atom is 0.227 e. The molecule has 1 fully saturated rings. The molecule has 134 valence electrons. The van der Waals surface area contributed by atoms with E-state index in [1.807, 2.05) is 11.0 Å². The van der Waals surface area contributed by atoms with Gasteiger partial charge in [-0.1, -0.05) is 12.1 Å². The highest BCUT2D eigenvalue weighted by atomic mass is 19.1. The molecule has 1 aromatic heterocycles. The molecule has 0 spiro atoms. The second kappa shape index (κ2) is 6.78. The van der Waals surface area contributed by atoms with Crippen molar-refractivity contribution in [3.05, 3.63) is 65.9 Å². The van der Waals surface area contributed by atoms with Crippen LogP contribution >= 0.6 is 0 Å². The first-order valence-corrected chi connectivity index (χ1v) is 8.64. The summed E-state index contributed by atoms with van der Waals surface area (Å²) in [5, 5.41) is 0.739. The second-order valence-corrected chi connectivity index (χ2v) is 6.50. The number of carbonyl (C=O) groups excluding carboxylic acids is 1. The molecule has 0 atom stereocenters. The second-order valence-electron chi connectivity index (χ2n) is 6.50. The number of piperazine rings is 1. The lowest BCUT2D eigenvalue weighted by Gasteiger charge is -2.36. The van der Waals surface area contributed by atoms with Crippen LogP contribution in [0.15, 0.2) is 48.7 Å². The zero-order valence-electron chi connectivity index (χ0n) is 14.2. The summed E-state index contributed by atoms with van der Waals surface area (Å²) in [6.07, 6.45) is 1.99. The number of carbonyl (C=O) groups is 1. The Morgan fingerprint density at radius 2 is 1.81 bits per heavy atom. The largest absolute Gasteiger partial charge is 0.366 e. The van der Waals surface area contributed by atoms with Gasteiger partial charge in [0.2, 0.25) is 5.91 Å². The molecule has 1 saturated heterocycles. The zero-order chi connectivity index (χ0) is 18.1. The van der Waals surface area contributed by atoms with Crippen LogP contribution in [-0.4, -0.2) is 42.0 Å². The highest BCUT2D eigenvalue weighted by Crippen LogP contribution is 2.22. The summed E-state index contributed by atoms with van der Waals surface area (Å²) in [5.41, 5.74) is 2.19. The van der Waals surface area contributed by atoms with Gasteiger partial charge in [0.1, 0.15) is 11.6 Å². The highest BCUT2D eigenvalue weighted by molar-refractivity contribution is 5.89. The first-order valence-electron chi connectivity index (χ1n) is 8.64. The van der Waals surface area contributed by atoms with Crippen molar-refractivity contribution in [2.75, 3.05) is 31.1 Å². The number of nitrogens with one attached hydrogen (secondary N) is 1. The van der Waals surface area contributed by atoms with Crippen LogP contribution in [0.5, 0.6) is 0 Å². The van der Waals surface area contributed by atoms with Crippen LogP contribution in [-0.2, 0) is 11.2 Å². The maximum atomic E-state index is 13.9. The Labute approximate surface area is 150 Å². The van der Waals surface area contributed by atoms with Crippen LogP contribution < -0.4 is 4.90 Å². The summed E-state index contributed by atoms with van der Waals surface area (Å²) in [6.45, 7) is 2.28. The molecule has 3 aromatic rings. The summed E-state index contributed by atoms with van der Waals surface area (Å²) < 4.78 is 27.4. The molecular formula is C20H19F2N3O. The topological polar surface area (TPSA) is 39.3 Å². The Hall–Kier alpha value is -2.89. The molecule has 26 heavy (non-hydrogen) atoms. The molecule has 1 aliphatic heterocycles. The van der Waals surface area contributed by atoms with Gasteiger partial charge in [-0.05, 0) is 35.9 Å². The Balaban J connectivity index is 1.42. The maximum absolute atomic E-state index is 13.9. The van der Waals surface area contributed by atoms with E-state index in [0.717, 1.165) is 16.5 Å². The van der Waals surface area contributed by atoms with Gasteiger partial charge in [0.05, 0.1) is 12.1 Å². The first kappa shape index (κ1) is 16.6. The van der Waals surface area contributed by atoms with Crippen LogP contribution in [0.3, 0.4) is 0 Å². The number of hydrogen-bond acceptors (Lipinski definition) is 2. The van der Waals surface area contributed by atoms with Gasteiger partial charge in [-0.3, -0.25) is 4.79 Å². The third-order valence-corrected chi connectivity index (χ3v) is 4.90. The van der Waals surface area contributed by atoms with Crippen molar-refractivity contribution in [3.63, 3.8) is 0 Å². The first-order chi connectivity index (χ1) is 12.6. The monoisotopic (exact) mass is 355 g/mol. The van der Waals surface area contributed by atoms with Crippen LogP contribution in [0.4, 0.5) is 14.5 Å². The molecule has 1 aliphatic rings. The lowest BCUT2D eigenvalue weighted by Crippen LogP contribution is -2.49. The number of amides is 1. The molecule has 4 rings (SSSR count). The SMILES string of the molecule is O=C(Cc1c[nH]c2ccc(F)cc12)N1CCN(c2ccccc2F)CC1. The number of rotatable bonds is 3. The quantitative estimate of drug-likeness (QED) is 0.783. The van der Waals surface area contributed by atoms with Gasteiger partial charge in [0.25, 0.3) is 0 Å². The number of hydrogen-bond donors (Lipinski definition) is 1. The van der Waals surface area contributed by atoms with Crippen molar-refractivity contribution in [2.45, 2.75) is 6.42 Å². The molecule has 0 saturated carbocycles. The van der Waals surface area contributed by atoms with Crippen LogP contribution in [0.25, 0.3) is 10.9 Å². The van der Waals surface area contributed by atoms with Gasteiger partial charge in [0, 0.05) is 43.3 Å². The Morgan fingerprint density at radius 1 is 1.04 bits per heavy atom. The van der Waals surface area contributed by atoms with E-state index in [4.69, 9.17) is 0 Å². The number of nitrogens with zero attached hydrogens (tertiary/aromatic N) is 2. The number of aromatic amines is 1. The van der Waals surface area contributed by atoms with Gasteiger partial charge in [-0.2, -0.15) is 0 Å². The smallest absolute Gasteiger partial charge is 0.227 e. The molecule has 2 aromatic carbocycles. The van der Waals surface area contributed by atoms with E-state index in [1.165, 1.54) is 18.2 Å². The van der Waals surface area contributed by atoms with E-state index in [0.29, 0.717) is 31.9 Å². The fourth-order valence-corrected chi connectivity index (χ4v) is 3.48. The highest BCUT2D eigenvalue weighted by Gasteiger charge is 2.23. The number of aromatic nitrogens is 1. The number of H-pyrrole nitrogens is 1. The van der Waals surface area contributed by atoms with Crippen molar-refractivity contribution >= 4 is 22.5 Å². The summed E-state index contributed by atoms with van der Waals surface area (Å²) >= 11 is 0. The van der Waals surface area contributed by atoms with Crippen LogP contribution in [0.2, 0.25) is 0 Å². The van der Waals surface area contributed by atoms with Gasteiger partial charge in [-0.15, -0.1) is 0 Å². The predicted molar refractivity (Wildman–Crippen MR) is 97.2 cm³/mol. The minimum Gasteiger partial charge on any atom is -0.366 e. The molecule has 4 nitrogen and oxygen atoms in total. The summed E-state index contributed by atoms with van der Waals surface area (Å²) in [6, 6.07) is 11.2. The standard InChI is InChI=1S/C20H19F2N3O/c21-15-5-6-18-16(12-15)14(13-23-18)11-20(26)25-9-7-24(8-10-25)19-4-2-1-3-17(19)22/h1-6,12-13,23H,7-11H2. The van der Waals surface area contributed by atoms with E-state index in [1.54, 1.807) is 29.3 Å². The molecule has 0 unspecified atom stereocenters. The third-order valence-electron chi connectivity index (χ3n) is 4.90. The molecule has 6 heteroatoms. The number of benzene rings is 2. The normalized spacial score (nSPS) is 14.8. The number of fused-ring (bicyclic) bond motifs is 1. The van der Waals surface area contributed by atoms with Gasteiger partial charge in [0.15, 0.2) is 0 Å². The van der Waals surface area contributed by atoms with E-state index in [-0.39, 0.29) is 24.0 Å². The number of para-hydroxylation sites is 1.